The molecule has 3 rings (SSSR count). The zero-order valence-electron chi connectivity index (χ0n) is 10.9. The van der Waals surface area contributed by atoms with E-state index < -0.39 is 5.97 Å². The number of aromatic nitrogens is 1. The van der Waals surface area contributed by atoms with Gasteiger partial charge in [-0.3, -0.25) is 0 Å². The first-order valence-electron chi connectivity index (χ1n) is 6.32. The van der Waals surface area contributed by atoms with E-state index in [0.29, 0.717) is 17.0 Å². The van der Waals surface area contributed by atoms with Crippen LogP contribution in [-0.4, -0.2) is 15.6 Å². The van der Waals surface area contributed by atoms with Gasteiger partial charge in [0.05, 0.1) is 5.52 Å². The Hall–Kier alpha value is -1.97. The predicted octanol–water partition coefficient (Wildman–Crippen LogP) is 4.69. The van der Waals surface area contributed by atoms with Gasteiger partial charge in [-0.15, -0.1) is 0 Å². The number of hydrogen-bond donors (Lipinski definition) is 1. The van der Waals surface area contributed by atoms with Crippen LogP contribution in [0, 0.1) is 0 Å². The third-order valence-electron chi connectivity index (χ3n) is 3.35. The molecule has 0 fully saturated rings. The fourth-order valence-corrected chi connectivity index (χ4v) is 2.99. The zero-order chi connectivity index (χ0) is 15.0. The van der Waals surface area contributed by atoms with Crippen LogP contribution < -0.4 is 0 Å². The van der Waals surface area contributed by atoms with Crippen molar-refractivity contribution in [1.29, 1.82) is 0 Å². The molecule has 0 bridgehead atoms. The van der Waals surface area contributed by atoms with Crippen molar-refractivity contribution >= 4 is 40.1 Å². The minimum Gasteiger partial charge on any atom is -0.478 e. The van der Waals surface area contributed by atoms with Gasteiger partial charge < -0.3 is 9.67 Å². The predicted molar refractivity (Wildman–Crippen MR) is 84.5 cm³/mol. The summed E-state index contributed by atoms with van der Waals surface area (Å²) in [6.07, 6.45) is 0. The van der Waals surface area contributed by atoms with E-state index in [4.69, 9.17) is 23.2 Å². The van der Waals surface area contributed by atoms with Crippen molar-refractivity contribution in [1.82, 2.24) is 4.57 Å². The van der Waals surface area contributed by atoms with Crippen molar-refractivity contribution in [2.24, 2.45) is 0 Å². The molecule has 0 unspecified atom stereocenters. The van der Waals surface area contributed by atoms with Crippen LogP contribution in [0.3, 0.4) is 0 Å². The molecule has 0 radical (unpaired) electrons. The number of halogens is 2. The number of fused-ring (bicyclic) bond motifs is 1. The molecule has 1 aromatic heterocycles. The van der Waals surface area contributed by atoms with Crippen molar-refractivity contribution in [3.05, 3.63) is 69.8 Å². The highest BCUT2D eigenvalue weighted by atomic mass is 35.5. The van der Waals surface area contributed by atoms with Crippen molar-refractivity contribution in [2.75, 3.05) is 0 Å². The average molecular weight is 320 g/mol. The summed E-state index contributed by atoms with van der Waals surface area (Å²) in [7, 11) is 0. The molecule has 3 aromatic rings. The number of hydrogen-bond acceptors (Lipinski definition) is 1. The maximum atomic E-state index is 11.4. The van der Waals surface area contributed by atoms with Crippen molar-refractivity contribution in [2.45, 2.75) is 6.54 Å². The molecule has 2 aromatic carbocycles. The molecule has 1 heterocycles. The molecule has 0 spiro atoms. The summed E-state index contributed by atoms with van der Waals surface area (Å²) >= 11 is 12.3. The van der Waals surface area contributed by atoms with Gasteiger partial charge in [-0.05, 0) is 23.8 Å². The summed E-state index contributed by atoms with van der Waals surface area (Å²) in [5.74, 6) is -1.03. The summed E-state index contributed by atoms with van der Waals surface area (Å²) in [6.45, 7) is 0.465. The van der Waals surface area contributed by atoms with E-state index in [-0.39, 0.29) is 10.7 Å². The van der Waals surface area contributed by atoms with Crippen LogP contribution in [0.1, 0.15) is 15.9 Å². The van der Waals surface area contributed by atoms with Crippen LogP contribution >= 0.6 is 23.2 Å². The lowest BCUT2D eigenvalue weighted by molar-refractivity contribution is 0.0699. The normalized spacial score (nSPS) is 11.0. The van der Waals surface area contributed by atoms with Gasteiger partial charge in [-0.2, -0.15) is 0 Å². The first-order chi connectivity index (χ1) is 10.1. The molecule has 0 amide bonds. The third kappa shape index (κ3) is 2.50. The minimum atomic E-state index is -1.03. The van der Waals surface area contributed by atoms with Gasteiger partial charge in [0.25, 0.3) is 0 Å². The first kappa shape index (κ1) is 14.0. The second kappa shape index (κ2) is 5.43. The van der Waals surface area contributed by atoms with Gasteiger partial charge in [0.2, 0.25) is 0 Å². The van der Waals surface area contributed by atoms with Gasteiger partial charge in [0.1, 0.15) is 10.7 Å². The van der Waals surface area contributed by atoms with Crippen molar-refractivity contribution in [3.63, 3.8) is 0 Å². The molecule has 3 nitrogen and oxygen atoms in total. The lowest BCUT2D eigenvalue weighted by Crippen LogP contribution is -2.01. The van der Waals surface area contributed by atoms with Crippen molar-refractivity contribution in [3.8, 4) is 0 Å². The number of aromatic carboxylic acids is 1. The summed E-state index contributed by atoms with van der Waals surface area (Å²) in [6, 6.07) is 14.7. The summed E-state index contributed by atoms with van der Waals surface area (Å²) in [5, 5.41) is 10.9. The molecule has 0 atom stereocenters. The SMILES string of the molecule is O=C(O)c1c(Cl)n(Cc2cccc(Cl)c2)c2ccccc12. The third-order valence-corrected chi connectivity index (χ3v) is 3.98. The Kier molecular flexibility index (Phi) is 3.62. The highest BCUT2D eigenvalue weighted by Gasteiger charge is 2.20. The zero-order valence-corrected chi connectivity index (χ0v) is 12.4. The van der Waals surface area contributed by atoms with Gasteiger partial charge in [0.15, 0.2) is 0 Å². The van der Waals surface area contributed by atoms with Crippen molar-refractivity contribution < 1.29 is 9.90 Å². The molecule has 0 aliphatic rings. The Morgan fingerprint density at radius 2 is 1.86 bits per heavy atom. The second-order valence-corrected chi connectivity index (χ2v) is 5.50. The topological polar surface area (TPSA) is 42.2 Å². The quantitative estimate of drug-likeness (QED) is 0.760. The van der Waals surface area contributed by atoms with Gasteiger partial charge in [0, 0.05) is 17.0 Å². The van der Waals surface area contributed by atoms with Crippen LogP contribution in [0.4, 0.5) is 0 Å². The molecule has 0 aliphatic carbocycles. The van der Waals surface area contributed by atoms with Crippen LogP contribution in [0.2, 0.25) is 10.2 Å². The smallest absolute Gasteiger partial charge is 0.339 e. The van der Waals surface area contributed by atoms with Crippen LogP contribution in [0.25, 0.3) is 10.9 Å². The highest BCUT2D eigenvalue weighted by molar-refractivity contribution is 6.35. The number of nitrogens with zero attached hydrogens (tertiary/aromatic N) is 1. The maximum Gasteiger partial charge on any atom is 0.339 e. The fraction of sp³-hybridized carbons (Fsp3) is 0.0625. The number of carboxylic acids is 1. The Bertz CT molecular complexity index is 839. The highest BCUT2D eigenvalue weighted by Crippen LogP contribution is 2.31. The Morgan fingerprint density at radius 3 is 2.57 bits per heavy atom. The van der Waals surface area contributed by atoms with Gasteiger partial charge in [-0.25, -0.2) is 4.79 Å². The number of rotatable bonds is 3. The lowest BCUT2D eigenvalue weighted by Gasteiger charge is -2.07. The Morgan fingerprint density at radius 1 is 1.10 bits per heavy atom. The molecule has 1 N–H and O–H groups in total. The second-order valence-electron chi connectivity index (χ2n) is 4.70. The molecule has 5 heteroatoms. The summed E-state index contributed by atoms with van der Waals surface area (Å²) in [5.41, 5.74) is 1.89. The largest absolute Gasteiger partial charge is 0.478 e. The summed E-state index contributed by atoms with van der Waals surface area (Å²) in [4.78, 5) is 11.4. The summed E-state index contributed by atoms with van der Waals surface area (Å²) < 4.78 is 1.78. The molecule has 0 saturated carbocycles. The maximum absolute atomic E-state index is 11.4. The first-order valence-corrected chi connectivity index (χ1v) is 7.08. The van der Waals surface area contributed by atoms with E-state index in [1.54, 1.807) is 22.8 Å². The van der Waals surface area contributed by atoms with Gasteiger partial charge in [-0.1, -0.05) is 53.5 Å². The number of benzene rings is 2. The van der Waals surface area contributed by atoms with E-state index in [2.05, 4.69) is 0 Å². The fourth-order valence-electron chi connectivity index (χ4n) is 2.45. The number of para-hydroxylation sites is 1. The standard InChI is InChI=1S/C16H11Cl2NO2/c17-11-5-3-4-10(8-11)9-19-13-7-2-1-6-12(13)14(15(19)18)16(20)21/h1-8H,9H2,(H,20,21). The van der Waals surface area contributed by atoms with E-state index in [1.165, 1.54) is 0 Å². The van der Waals surface area contributed by atoms with E-state index in [0.717, 1.165) is 11.1 Å². The Balaban J connectivity index is 2.18. The monoisotopic (exact) mass is 319 g/mol. The minimum absolute atomic E-state index is 0.134. The van der Waals surface area contributed by atoms with E-state index in [9.17, 15) is 9.90 Å². The lowest BCUT2D eigenvalue weighted by atomic mass is 10.2. The molecule has 0 saturated heterocycles. The molecule has 106 valence electrons. The van der Waals surface area contributed by atoms with Crippen LogP contribution in [-0.2, 0) is 6.54 Å². The van der Waals surface area contributed by atoms with E-state index >= 15 is 0 Å². The number of carboxylic acid groups (broad SMARTS) is 1. The van der Waals surface area contributed by atoms with Crippen LogP contribution in [0.15, 0.2) is 48.5 Å². The molecular weight excluding hydrogens is 309 g/mol. The van der Waals surface area contributed by atoms with Gasteiger partial charge >= 0.3 is 5.97 Å². The molecular formula is C16H11Cl2NO2. The Labute approximate surface area is 131 Å². The van der Waals surface area contributed by atoms with Crippen LogP contribution in [0.5, 0.6) is 0 Å². The average Bonchev–Trinajstić information content (AvgIpc) is 2.72. The van der Waals surface area contributed by atoms with E-state index in [1.807, 2.05) is 30.3 Å². The number of carbonyl (C=O) groups is 1. The molecule has 21 heavy (non-hydrogen) atoms. The molecule has 0 aliphatic heterocycles.